The first kappa shape index (κ1) is 9.84. The molecule has 0 spiro atoms. The minimum Gasteiger partial charge on any atom is -0.481 e. The van der Waals surface area contributed by atoms with Crippen molar-refractivity contribution in [3.8, 4) is 0 Å². The molecular formula is C10H15NO2. The predicted octanol–water partition coefficient (Wildman–Crippen LogP) is 1.63. The fourth-order valence-electron chi connectivity index (χ4n) is 1.26. The van der Waals surface area contributed by atoms with Crippen LogP contribution in [0.5, 0.6) is 0 Å². The molecule has 0 aromatic rings. The van der Waals surface area contributed by atoms with Gasteiger partial charge in [-0.15, -0.1) is 0 Å². The monoisotopic (exact) mass is 181 g/mol. The molecule has 1 heterocycles. The highest BCUT2D eigenvalue weighted by molar-refractivity contribution is 5.66. The minimum absolute atomic E-state index is 0.285. The molecule has 0 aromatic heterocycles. The summed E-state index contributed by atoms with van der Waals surface area (Å²) in [5.41, 5.74) is 0. The topological polar surface area (TPSA) is 40.5 Å². The number of allylic oxidation sites excluding steroid dienone is 2. The quantitative estimate of drug-likeness (QED) is 0.655. The van der Waals surface area contributed by atoms with E-state index in [1.807, 2.05) is 18.4 Å². The molecule has 0 saturated heterocycles. The molecule has 3 nitrogen and oxygen atoms in total. The smallest absolute Gasteiger partial charge is 0.303 e. The van der Waals surface area contributed by atoms with Crippen LogP contribution in [0, 0.1) is 0 Å². The first-order chi connectivity index (χ1) is 6.29. The highest BCUT2D eigenvalue weighted by atomic mass is 16.4. The summed E-state index contributed by atoms with van der Waals surface area (Å²) in [7, 11) is 0. The average molecular weight is 181 g/mol. The number of hydrogen-bond donors (Lipinski definition) is 1. The Labute approximate surface area is 78.4 Å². The number of unbranched alkanes of at least 4 members (excludes halogenated alkanes) is 1. The Kier molecular flexibility index (Phi) is 4.09. The van der Waals surface area contributed by atoms with Crippen molar-refractivity contribution >= 4 is 5.97 Å². The largest absolute Gasteiger partial charge is 0.481 e. The number of carboxylic acids is 1. The van der Waals surface area contributed by atoms with E-state index in [0.29, 0.717) is 0 Å². The summed E-state index contributed by atoms with van der Waals surface area (Å²) >= 11 is 0. The van der Waals surface area contributed by atoms with Gasteiger partial charge in [0.1, 0.15) is 0 Å². The average Bonchev–Trinajstić information content (AvgIpc) is 2.14. The van der Waals surface area contributed by atoms with Crippen molar-refractivity contribution in [3.05, 3.63) is 24.4 Å². The summed E-state index contributed by atoms with van der Waals surface area (Å²) in [6, 6.07) is 0. The van der Waals surface area contributed by atoms with Crippen LogP contribution in [0.25, 0.3) is 0 Å². The predicted molar refractivity (Wildman–Crippen MR) is 51.3 cm³/mol. The van der Waals surface area contributed by atoms with Gasteiger partial charge in [-0.25, -0.2) is 0 Å². The molecule has 0 aromatic carbocycles. The van der Waals surface area contributed by atoms with Crippen molar-refractivity contribution in [1.82, 2.24) is 4.90 Å². The fourth-order valence-corrected chi connectivity index (χ4v) is 1.26. The highest BCUT2D eigenvalue weighted by Crippen LogP contribution is 2.02. The van der Waals surface area contributed by atoms with E-state index in [1.165, 1.54) is 0 Å². The molecule has 0 amide bonds. The van der Waals surface area contributed by atoms with Gasteiger partial charge in [-0.3, -0.25) is 4.79 Å². The second-order valence-corrected chi connectivity index (χ2v) is 3.12. The number of aliphatic carboxylic acids is 1. The third-order valence-electron chi connectivity index (χ3n) is 1.97. The first-order valence-corrected chi connectivity index (χ1v) is 4.58. The molecule has 1 aliphatic rings. The van der Waals surface area contributed by atoms with Gasteiger partial charge in [-0.05, 0) is 25.1 Å². The summed E-state index contributed by atoms with van der Waals surface area (Å²) in [6.45, 7) is 1.90. The van der Waals surface area contributed by atoms with E-state index in [4.69, 9.17) is 5.11 Å². The zero-order chi connectivity index (χ0) is 9.52. The molecule has 0 saturated carbocycles. The van der Waals surface area contributed by atoms with Crippen LogP contribution >= 0.6 is 0 Å². The van der Waals surface area contributed by atoms with Crippen molar-refractivity contribution < 1.29 is 9.90 Å². The van der Waals surface area contributed by atoms with Crippen LogP contribution in [0.3, 0.4) is 0 Å². The molecule has 0 aliphatic carbocycles. The van der Waals surface area contributed by atoms with Crippen LogP contribution in [0.2, 0.25) is 0 Å². The summed E-state index contributed by atoms with van der Waals surface area (Å²) in [5, 5.41) is 8.41. The zero-order valence-electron chi connectivity index (χ0n) is 7.65. The summed E-state index contributed by atoms with van der Waals surface area (Å²) in [4.78, 5) is 12.4. The van der Waals surface area contributed by atoms with Gasteiger partial charge in [0.2, 0.25) is 0 Å². The lowest BCUT2D eigenvalue weighted by Crippen LogP contribution is -2.20. The van der Waals surface area contributed by atoms with Crippen LogP contribution in [0.15, 0.2) is 24.4 Å². The minimum atomic E-state index is -0.700. The third-order valence-corrected chi connectivity index (χ3v) is 1.97. The van der Waals surface area contributed by atoms with Crippen LogP contribution < -0.4 is 0 Å². The molecule has 0 unspecified atom stereocenters. The third kappa shape index (κ3) is 4.35. The maximum atomic E-state index is 10.2. The maximum absolute atomic E-state index is 10.2. The Hall–Kier alpha value is -1.25. The van der Waals surface area contributed by atoms with E-state index in [9.17, 15) is 4.79 Å². The molecule has 1 rings (SSSR count). The Balaban J connectivity index is 2.03. The second-order valence-electron chi connectivity index (χ2n) is 3.12. The Morgan fingerprint density at radius 1 is 1.38 bits per heavy atom. The van der Waals surface area contributed by atoms with Crippen molar-refractivity contribution in [3.63, 3.8) is 0 Å². The van der Waals surface area contributed by atoms with Crippen LogP contribution in [-0.2, 0) is 4.79 Å². The number of carbonyl (C=O) groups is 1. The van der Waals surface area contributed by atoms with Gasteiger partial charge in [0.05, 0.1) is 0 Å². The molecular weight excluding hydrogens is 166 g/mol. The Bertz CT molecular complexity index is 221. The SMILES string of the molecule is O=C(O)CCCCN1C=CC=CC1. The fraction of sp³-hybridized carbons (Fsp3) is 0.500. The van der Waals surface area contributed by atoms with E-state index >= 15 is 0 Å². The van der Waals surface area contributed by atoms with Gasteiger partial charge in [0, 0.05) is 19.5 Å². The number of rotatable bonds is 5. The van der Waals surface area contributed by atoms with E-state index in [2.05, 4.69) is 11.0 Å². The summed E-state index contributed by atoms with van der Waals surface area (Å²) in [5.74, 6) is -0.700. The van der Waals surface area contributed by atoms with Crippen LogP contribution in [0.1, 0.15) is 19.3 Å². The molecule has 0 radical (unpaired) electrons. The van der Waals surface area contributed by atoms with E-state index < -0.39 is 5.97 Å². The zero-order valence-corrected chi connectivity index (χ0v) is 7.65. The van der Waals surface area contributed by atoms with Crippen LogP contribution in [-0.4, -0.2) is 29.1 Å². The molecule has 72 valence electrons. The van der Waals surface area contributed by atoms with Crippen molar-refractivity contribution in [2.75, 3.05) is 13.1 Å². The first-order valence-electron chi connectivity index (χ1n) is 4.58. The highest BCUT2D eigenvalue weighted by Gasteiger charge is 2.00. The van der Waals surface area contributed by atoms with E-state index in [0.717, 1.165) is 25.9 Å². The van der Waals surface area contributed by atoms with Gasteiger partial charge in [0.25, 0.3) is 0 Å². The Morgan fingerprint density at radius 3 is 2.85 bits per heavy atom. The number of hydrogen-bond acceptors (Lipinski definition) is 2. The lowest BCUT2D eigenvalue weighted by atomic mass is 10.2. The van der Waals surface area contributed by atoms with Gasteiger partial charge in [-0.2, -0.15) is 0 Å². The van der Waals surface area contributed by atoms with Gasteiger partial charge >= 0.3 is 5.97 Å². The standard InChI is InChI=1S/C10H15NO2/c12-10(13)6-2-5-9-11-7-3-1-4-8-11/h1,3-4,7H,2,5-6,8-9H2,(H,12,13). The summed E-state index contributed by atoms with van der Waals surface area (Å²) in [6.07, 6.45) is 10.2. The van der Waals surface area contributed by atoms with E-state index in [-0.39, 0.29) is 6.42 Å². The Morgan fingerprint density at radius 2 is 2.23 bits per heavy atom. The second kappa shape index (κ2) is 5.41. The van der Waals surface area contributed by atoms with Crippen molar-refractivity contribution in [2.45, 2.75) is 19.3 Å². The number of carboxylic acid groups (broad SMARTS) is 1. The van der Waals surface area contributed by atoms with E-state index in [1.54, 1.807) is 0 Å². The molecule has 0 bridgehead atoms. The van der Waals surface area contributed by atoms with Crippen LogP contribution in [0.4, 0.5) is 0 Å². The van der Waals surface area contributed by atoms with Crippen molar-refractivity contribution in [2.24, 2.45) is 0 Å². The normalized spacial score (nSPS) is 14.9. The van der Waals surface area contributed by atoms with Gasteiger partial charge < -0.3 is 10.0 Å². The molecule has 0 fully saturated rings. The molecule has 1 aliphatic heterocycles. The molecule has 13 heavy (non-hydrogen) atoms. The lowest BCUT2D eigenvalue weighted by Gasteiger charge is -2.19. The molecule has 1 N–H and O–H groups in total. The number of nitrogens with zero attached hydrogens (tertiary/aromatic N) is 1. The molecule has 0 atom stereocenters. The van der Waals surface area contributed by atoms with Gasteiger partial charge in [-0.1, -0.05) is 12.2 Å². The summed E-state index contributed by atoms with van der Waals surface area (Å²) < 4.78 is 0. The lowest BCUT2D eigenvalue weighted by molar-refractivity contribution is -0.137. The van der Waals surface area contributed by atoms with Gasteiger partial charge in [0.15, 0.2) is 0 Å². The van der Waals surface area contributed by atoms with Crippen molar-refractivity contribution in [1.29, 1.82) is 0 Å². The maximum Gasteiger partial charge on any atom is 0.303 e. The molecule has 3 heteroatoms.